The van der Waals surface area contributed by atoms with Gasteiger partial charge in [0, 0.05) is 48.2 Å². The van der Waals surface area contributed by atoms with Crippen molar-refractivity contribution in [3.63, 3.8) is 0 Å². The van der Waals surface area contributed by atoms with Gasteiger partial charge in [-0.25, -0.2) is 0 Å². The lowest BCUT2D eigenvalue weighted by Gasteiger charge is -2.22. The molecular formula is C48H56N2O6. The van der Waals surface area contributed by atoms with Crippen LogP contribution in [0.3, 0.4) is 0 Å². The number of hydrogen-bond acceptors (Lipinski definition) is 8. The van der Waals surface area contributed by atoms with Crippen molar-refractivity contribution in [2.75, 3.05) is 52.5 Å². The highest BCUT2D eigenvalue weighted by atomic mass is 16.5. The molecule has 0 atom stereocenters. The fraction of sp³-hybridized carbons (Fsp3) is 0.333. The average Bonchev–Trinajstić information content (AvgIpc) is 3.20. The van der Waals surface area contributed by atoms with Crippen LogP contribution in [0.4, 0.5) is 0 Å². The van der Waals surface area contributed by atoms with Gasteiger partial charge >= 0.3 is 0 Å². The summed E-state index contributed by atoms with van der Waals surface area (Å²) in [4.78, 5) is 4.73. The van der Waals surface area contributed by atoms with E-state index in [2.05, 4.69) is 37.5 Å². The summed E-state index contributed by atoms with van der Waals surface area (Å²) in [6.07, 6.45) is 3.02. The zero-order chi connectivity index (χ0) is 39.6. The topological polar surface area (TPSA) is 106 Å². The standard InChI is InChI=1S/C48H56N2O6/c1-5-23-50(24-6-2)26-28-56-47-22-11-34(30-41-38-16-13-36(51)32-35(38)12-19-44(41)52)31-43(47)48-40-18-20-45(53)42(39(40)17-21-46(48)54)29-33-9-14-37(15-10-33)55-27-25-49(7-3)8-4/h9-22,31-32,51-54H,5-8,23-30H2,1-4H3. The van der Waals surface area contributed by atoms with Gasteiger partial charge in [-0.2, -0.15) is 0 Å². The third-order valence-electron chi connectivity index (χ3n) is 10.7. The maximum absolute atomic E-state index is 11.6. The number of rotatable bonds is 19. The predicted octanol–water partition coefficient (Wildman–Crippen LogP) is 9.89. The lowest BCUT2D eigenvalue weighted by molar-refractivity contribution is 0.209. The SMILES string of the molecule is CCCN(CCC)CCOc1ccc(Cc2c(O)ccc3cc(O)ccc23)cc1-c1c(O)ccc2c(Cc3ccc(OCCN(CC)CC)cc3)c(O)ccc12. The molecule has 0 aromatic heterocycles. The van der Waals surface area contributed by atoms with Crippen LogP contribution in [-0.4, -0.2) is 82.7 Å². The van der Waals surface area contributed by atoms with E-state index in [1.165, 1.54) is 0 Å². The van der Waals surface area contributed by atoms with Crippen LogP contribution in [0.1, 0.15) is 62.8 Å². The lowest BCUT2D eigenvalue weighted by atomic mass is 9.90. The molecule has 0 spiro atoms. The van der Waals surface area contributed by atoms with Gasteiger partial charge in [0.05, 0.1) is 0 Å². The van der Waals surface area contributed by atoms with Gasteiger partial charge in [-0.05, 0) is 132 Å². The van der Waals surface area contributed by atoms with E-state index in [-0.39, 0.29) is 23.0 Å². The minimum atomic E-state index is 0.101. The number of benzene rings is 6. The van der Waals surface area contributed by atoms with E-state index in [1.807, 2.05) is 60.7 Å². The molecule has 4 N–H and O–H groups in total. The van der Waals surface area contributed by atoms with E-state index in [1.54, 1.807) is 36.4 Å². The Morgan fingerprint density at radius 3 is 1.80 bits per heavy atom. The Kier molecular flexibility index (Phi) is 13.6. The molecule has 0 bridgehead atoms. The number of phenols is 4. The molecular weight excluding hydrogens is 701 g/mol. The Morgan fingerprint density at radius 2 is 1.09 bits per heavy atom. The molecule has 0 unspecified atom stereocenters. The Bertz CT molecular complexity index is 2230. The number of likely N-dealkylation sites (N-methyl/N-ethyl adjacent to an activating group) is 1. The zero-order valence-corrected chi connectivity index (χ0v) is 33.2. The maximum atomic E-state index is 11.6. The van der Waals surface area contributed by atoms with Crippen molar-refractivity contribution in [1.29, 1.82) is 0 Å². The molecule has 0 saturated carbocycles. The molecule has 6 rings (SSSR count). The highest BCUT2D eigenvalue weighted by Crippen LogP contribution is 2.44. The summed E-state index contributed by atoms with van der Waals surface area (Å²) in [5, 5.41) is 47.3. The van der Waals surface area contributed by atoms with E-state index in [0.717, 1.165) is 107 Å². The van der Waals surface area contributed by atoms with Crippen molar-refractivity contribution in [3.05, 3.63) is 119 Å². The van der Waals surface area contributed by atoms with Crippen LogP contribution in [0.5, 0.6) is 34.5 Å². The van der Waals surface area contributed by atoms with Crippen LogP contribution < -0.4 is 9.47 Å². The predicted molar refractivity (Wildman–Crippen MR) is 228 cm³/mol. The molecule has 0 aliphatic carbocycles. The average molecular weight is 757 g/mol. The van der Waals surface area contributed by atoms with Gasteiger partial charge in [0.15, 0.2) is 0 Å². The fourth-order valence-corrected chi connectivity index (χ4v) is 7.67. The van der Waals surface area contributed by atoms with Crippen molar-refractivity contribution < 1.29 is 29.9 Å². The smallest absolute Gasteiger partial charge is 0.127 e. The first-order valence-corrected chi connectivity index (χ1v) is 20.0. The normalized spacial score (nSPS) is 11.6. The first kappa shape index (κ1) is 40.2. The van der Waals surface area contributed by atoms with Crippen molar-refractivity contribution in [2.45, 2.75) is 53.4 Å². The van der Waals surface area contributed by atoms with Gasteiger partial charge in [0.25, 0.3) is 0 Å². The number of ether oxygens (including phenoxy) is 2. The van der Waals surface area contributed by atoms with Crippen molar-refractivity contribution in [2.24, 2.45) is 0 Å². The molecule has 6 aromatic rings. The van der Waals surface area contributed by atoms with Crippen molar-refractivity contribution in [3.8, 4) is 45.6 Å². The maximum Gasteiger partial charge on any atom is 0.127 e. The molecule has 8 heteroatoms. The lowest BCUT2D eigenvalue weighted by Crippen LogP contribution is -2.30. The second-order valence-corrected chi connectivity index (χ2v) is 14.5. The van der Waals surface area contributed by atoms with Crippen LogP contribution in [0.25, 0.3) is 32.7 Å². The van der Waals surface area contributed by atoms with Gasteiger partial charge in [-0.3, -0.25) is 4.90 Å². The number of phenolic OH excluding ortho intramolecular Hbond substituents is 4. The second kappa shape index (κ2) is 18.9. The van der Waals surface area contributed by atoms with E-state index < -0.39 is 0 Å². The van der Waals surface area contributed by atoms with Crippen LogP contribution in [-0.2, 0) is 12.8 Å². The molecule has 0 saturated heterocycles. The van der Waals surface area contributed by atoms with Gasteiger partial charge in [0.1, 0.15) is 47.7 Å². The van der Waals surface area contributed by atoms with Crippen LogP contribution in [0.2, 0.25) is 0 Å². The first-order chi connectivity index (χ1) is 27.2. The van der Waals surface area contributed by atoms with Gasteiger partial charge < -0.3 is 34.8 Å². The molecule has 0 aliphatic rings. The molecule has 0 radical (unpaired) electrons. The first-order valence-electron chi connectivity index (χ1n) is 20.0. The fourth-order valence-electron chi connectivity index (χ4n) is 7.67. The number of nitrogens with zero attached hydrogens (tertiary/aromatic N) is 2. The monoisotopic (exact) mass is 756 g/mol. The van der Waals surface area contributed by atoms with Crippen molar-refractivity contribution in [1.82, 2.24) is 9.80 Å². The van der Waals surface area contributed by atoms with E-state index in [4.69, 9.17) is 9.47 Å². The summed E-state index contributed by atoms with van der Waals surface area (Å²) in [7, 11) is 0. The summed E-state index contributed by atoms with van der Waals surface area (Å²) in [6.45, 7) is 15.4. The summed E-state index contributed by atoms with van der Waals surface area (Å²) in [5.74, 6) is 2.07. The molecule has 6 aromatic carbocycles. The van der Waals surface area contributed by atoms with E-state index in [0.29, 0.717) is 37.4 Å². The summed E-state index contributed by atoms with van der Waals surface area (Å²) in [6, 6.07) is 29.7. The Morgan fingerprint density at radius 1 is 0.500 bits per heavy atom. The minimum Gasteiger partial charge on any atom is -0.508 e. The summed E-state index contributed by atoms with van der Waals surface area (Å²) in [5.41, 5.74) is 4.78. The largest absolute Gasteiger partial charge is 0.508 e. The molecule has 0 amide bonds. The van der Waals surface area contributed by atoms with Crippen molar-refractivity contribution >= 4 is 21.5 Å². The highest BCUT2D eigenvalue weighted by molar-refractivity contribution is 6.03. The molecule has 294 valence electrons. The molecule has 0 heterocycles. The minimum absolute atomic E-state index is 0.101. The number of hydrogen-bond donors (Lipinski definition) is 4. The zero-order valence-electron chi connectivity index (χ0n) is 33.2. The van der Waals surface area contributed by atoms with E-state index >= 15 is 0 Å². The third kappa shape index (κ3) is 9.49. The summed E-state index contributed by atoms with van der Waals surface area (Å²) >= 11 is 0. The summed E-state index contributed by atoms with van der Waals surface area (Å²) < 4.78 is 12.6. The Balaban J connectivity index is 1.37. The number of fused-ring (bicyclic) bond motifs is 2. The Hall–Kier alpha value is -5.44. The van der Waals surface area contributed by atoms with Gasteiger partial charge in [0.2, 0.25) is 0 Å². The molecule has 0 fully saturated rings. The van der Waals surface area contributed by atoms with Crippen LogP contribution in [0.15, 0.2) is 97.1 Å². The second-order valence-electron chi connectivity index (χ2n) is 14.5. The van der Waals surface area contributed by atoms with Crippen LogP contribution >= 0.6 is 0 Å². The van der Waals surface area contributed by atoms with Crippen LogP contribution in [0, 0.1) is 0 Å². The molecule has 8 nitrogen and oxygen atoms in total. The molecule has 0 aliphatic heterocycles. The third-order valence-corrected chi connectivity index (χ3v) is 10.7. The Labute approximate surface area is 331 Å². The quantitative estimate of drug-likeness (QED) is 0.0648. The number of aromatic hydroxyl groups is 4. The van der Waals surface area contributed by atoms with Gasteiger partial charge in [-0.1, -0.05) is 64.1 Å². The molecule has 56 heavy (non-hydrogen) atoms. The highest BCUT2D eigenvalue weighted by Gasteiger charge is 2.20. The van der Waals surface area contributed by atoms with E-state index in [9.17, 15) is 20.4 Å². The van der Waals surface area contributed by atoms with Gasteiger partial charge in [-0.15, -0.1) is 0 Å².